The van der Waals surface area contributed by atoms with Crippen molar-refractivity contribution in [1.29, 1.82) is 5.26 Å². The zero-order valence-corrected chi connectivity index (χ0v) is 14.1. The fourth-order valence-electron chi connectivity index (χ4n) is 2.58. The number of hydrogen-bond donors (Lipinski definition) is 0. The van der Waals surface area contributed by atoms with Crippen LogP contribution in [0, 0.1) is 11.3 Å². The maximum absolute atomic E-state index is 12.9. The first-order valence-corrected chi connectivity index (χ1v) is 8.02. The molecule has 4 rings (SSSR count). The number of halogens is 3. The summed E-state index contributed by atoms with van der Waals surface area (Å²) < 4.78 is 45.0. The van der Waals surface area contributed by atoms with Crippen LogP contribution >= 0.6 is 0 Å². The molecule has 0 aliphatic rings. The molecule has 2 heterocycles. The van der Waals surface area contributed by atoms with Gasteiger partial charge in [0, 0.05) is 6.07 Å². The van der Waals surface area contributed by atoms with E-state index < -0.39 is 12.0 Å². The molecule has 2 aromatic carbocycles. The van der Waals surface area contributed by atoms with E-state index >= 15 is 0 Å². The van der Waals surface area contributed by atoms with Crippen LogP contribution in [0.5, 0.6) is 11.6 Å². The van der Waals surface area contributed by atoms with Gasteiger partial charge in [-0.25, -0.2) is 0 Å². The Kier molecular flexibility index (Phi) is 4.16. The van der Waals surface area contributed by atoms with E-state index in [1.54, 1.807) is 36.4 Å². The van der Waals surface area contributed by atoms with Gasteiger partial charge in [0.05, 0.1) is 11.6 Å². The van der Waals surface area contributed by atoms with Crippen molar-refractivity contribution in [3.8, 4) is 28.8 Å². The number of nitrogens with zero attached hydrogens (tertiary/aromatic N) is 5. The molecule has 0 aliphatic carbocycles. The Morgan fingerprint density at radius 1 is 0.857 bits per heavy atom. The van der Waals surface area contributed by atoms with Gasteiger partial charge in [0.25, 0.3) is 5.82 Å². The zero-order valence-electron chi connectivity index (χ0n) is 14.1. The molecule has 4 aromatic rings. The highest BCUT2D eigenvalue weighted by Crippen LogP contribution is 2.29. The summed E-state index contributed by atoms with van der Waals surface area (Å²) in [4.78, 5) is 0. The van der Waals surface area contributed by atoms with Crippen LogP contribution < -0.4 is 4.74 Å². The molecule has 0 atom stereocenters. The van der Waals surface area contributed by atoms with Gasteiger partial charge >= 0.3 is 6.18 Å². The van der Waals surface area contributed by atoms with Gasteiger partial charge in [0.15, 0.2) is 5.65 Å². The van der Waals surface area contributed by atoms with Crippen molar-refractivity contribution in [2.24, 2.45) is 0 Å². The second-order valence-corrected chi connectivity index (χ2v) is 5.78. The van der Waals surface area contributed by atoms with E-state index in [9.17, 15) is 13.2 Å². The molecule has 0 unspecified atom stereocenters. The molecule has 2 aromatic heterocycles. The lowest BCUT2D eigenvalue weighted by molar-refractivity contribution is -0.146. The predicted octanol–water partition coefficient (Wildman–Crippen LogP) is 4.47. The average Bonchev–Trinajstić information content (AvgIpc) is 3.12. The summed E-state index contributed by atoms with van der Waals surface area (Å²) in [6.45, 7) is 0. The van der Waals surface area contributed by atoms with Gasteiger partial charge in [-0.3, -0.25) is 0 Å². The van der Waals surface area contributed by atoms with Crippen molar-refractivity contribution in [3.05, 3.63) is 72.1 Å². The molecule has 0 spiro atoms. The second-order valence-electron chi connectivity index (χ2n) is 5.78. The zero-order chi connectivity index (χ0) is 19.7. The summed E-state index contributed by atoms with van der Waals surface area (Å²) >= 11 is 0. The number of alkyl halides is 3. The van der Waals surface area contributed by atoms with Crippen LogP contribution in [-0.4, -0.2) is 19.8 Å². The third-order valence-corrected chi connectivity index (χ3v) is 3.92. The quantitative estimate of drug-likeness (QED) is 0.523. The molecule has 6 nitrogen and oxygen atoms in total. The monoisotopic (exact) mass is 381 g/mol. The Bertz CT molecular complexity index is 1180. The Morgan fingerprint density at radius 3 is 2.11 bits per heavy atom. The summed E-state index contributed by atoms with van der Waals surface area (Å²) in [5.41, 5.74) is 2.36. The van der Waals surface area contributed by atoms with Gasteiger partial charge in [0.2, 0.25) is 5.88 Å². The second kappa shape index (κ2) is 6.66. The van der Waals surface area contributed by atoms with E-state index in [4.69, 9.17) is 10.00 Å². The fraction of sp³-hybridized carbons (Fsp3) is 0.0526. The van der Waals surface area contributed by atoms with Crippen molar-refractivity contribution in [3.63, 3.8) is 0 Å². The van der Waals surface area contributed by atoms with Crippen LogP contribution in [0.2, 0.25) is 0 Å². The van der Waals surface area contributed by atoms with Crippen LogP contribution in [0.15, 0.2) is 60.7 Å². The molecule has 0 N–H and O–H groups in total. The van der Waals surface area contributed by atoms with E-state index in [1.807, 2.05) is 12.1 Å². The van der Waals surface area contributed by atoms with Crippen molar-refractivity contribution in [2.75, 3.05) is 0 Å². The van der Waals surface area contributed by atoms with Gasteiger partial charge < -0.3 is 4.74 Å². The predicted molar refractivity (Wildman–Crippen MR) is 92.5 cm³/mol. The minimum Gasteiger partial charge on any atom is -0.438 e. The van der Waals surface area contributed by atoms with Crippen LogP contribution in [0.4, 0.5) is 13.2 Å². The van der Waals surface area contributed by atoms with Crippen molar-refractivity contribution < 1.29 is 17.9 Å². The first kappa shape index (κ1) is 17.5. The molecule has 28 heavy (non-hydrogen) atoms. The molecule has 138 valence electrons. The fourth-order valence-corrected chi connectivity index (χ4v) is 2.58. The van der Waals surface area contributed by atoms with Gasteiger partial charge in [0.1, 0.15) is 5.75 Å². The number of aromatic nitrogens is 4. The minimum atomic E-state index is -4.67. The summed E-state index contributed by atoms with van der Waals surface area (Å²) in [7, 11) is 0. The normalized spacial score (nSPS) is 11.4. The smallest absolute Gasteiger partial charge is 0.438 e. The Labute approximate surface area is 156 Å². The van der Waals surface area contributed by atoms with Crippen molar-refractivity contribution in [1.82, 2.24) is 19.8 Å². The molecule has 0 radical (unpaired) electrons. The third kappa shape index (κ3) is 3.35. The maximum Gasteiger partial charge on any atom is 0.453 e. The number of nitriles is 1. The molecule has 0 aliphatic heterocycles. The summed E-state index contributed by atoms with van der Waals surface area (Å²) in [5.74, 6) is -0.834. The number of hydrogen-bond acceptors (Lipinski definition) is 5. The average molecular weight is 381 g/mol. The van der Waals surface area contributed by atoms with Gasteiger partial charge in [-0.1, -0.05) is 24.3 Å². The third-order valence-electron chi connectivity index (χ3n) is 3.92. The standard InChI is InChI=1S/C19H10F3N5O/c20-19(21,22)18-25-24-16-9-10-17(26-27(16)18)28-15-7-5-14(6-8-15)13-3-1-12(11-23)2-4-13/h1-10H. The molecule has 9 heteroatoms. The van der Waals surface area contributed by atoms with E-state index in [2.05, 4.69) is 21.4 Å². The number of benzene rings is 2. The lowest BCUT2D eigenvalue weighted by Gasteiger charge is -2.08. The van der Waals surface area contributed by atoms with Gasteiger partial charge in [-0.2, -0.15) is 22.9 Å². The van der Waals surface area contributed by atoms with Gasteiger partial charge in [-0.05, 0) is 41.5 Å². The highest BCUT2D eigenvalue weighted by molar-refractivity contribution is 5.65. The summed E-state index contributed by atoms with van der Waals surface area (Å²) in [6, 6.07) is 18.9. The first-order chi connectivity index (χ1) is 13.4. The largest absolute Gasteiger partial charge is 0.453 e. The highest BCUT2D eigenvalue weighted by atomic mass is 19.4. The molecule has 0 fully saturated rings. The lowest BCUT2D eigenvalue weighted by atomic mass is 10.0. The topological polar surface area (TPSA) is 76.1 Å². The van der Waals surface area contributed by atoms with E-state index in [0.29, 0.717) is 15.8 Å². The van der Waals surface area contributed by atoms with E-state index in [1.165, 1.54) is 12.1 Å². The summed E-state index contributed by atoms with van der Waals surface area (Å²) in [5, 5.41) is 19.2. The van der Waals surface area contributed by atoms with Crippen molar-refractivity contribution in [2.45, 2.75) is 6.18 Å². The minimum absolute atomic E-state index is 0.0241. The highest BCUT2D eigenvalue weighted by Gasteiger charge is 2.37. The van der Waals surface area contributed by atoms with Crippen LogP contribution in [0.25, 0.3) is 16.8 Å². The van der Waals surface area contributed by atoms with Gasteiger partial charge in [-0.15, -0.1) is 15.3 Å². The number of fused-ring (bicyclic) bond motifs is 1. The van der Waals surface area contributed by atoms with E-state index in [-0.39, 0.29) is 11.5 Å². The van der Waals surface area contributed by atoms with Crippen LogP contribution in [0.1, 0.15) is 11.4 Å². The molecular formula is C19H10F3N5O. The molecule has 0 amide bonds. The lowest BCUT2D eigenvalue weighted by Crippen LogP contribution is -2.12. The Morgan fingerprint density at radius 2 is 1.50 bits per heavy atom. The Hall–Kier alpha value is -3.93. The summed E-state index contributed by atoms with van der Waals surface area (Å²) in [6.07, 6.45) is -4.67. The number of ether oxygens (including phenoxy) is 1. The van der Waals surface area contributed by atoms with E-state index in [0.717, 1.165) is 11.1 Å². The van der Waals surface area contributed by atoms with Crippen LogP contribution in [-0.2, 0) is 6.18 Å². The molecule has 0 saturated carbocycles. The molecule has 0 saturated heterocycles. The van der Waals surface area contributed by atoms with Crippen molar-refractivity contribution >= 4 is 5.65 Å². The number of rotatable bonds is 3. The Balaban J connectivity index is 1.58. The van der Waals surface area contributed by atoms with Crippen LogP contribution in [0.3, 0.4) is 0 Å². The SMILES string of the molecule is N#Cc1ccc(-c2ccc(Oc3ccc4nnc(C(F)(F)F)n4n3)cc2)cc1. The first-order valence-electron chi connectivity index (χ1n) is 8.02. The molecule has 0 bridgehead atoms. The maximum atomic E-state index is 12.9. The molecular weight excluding hydrogens is 371 g/mol.